The zero-order chi connectivity index (χ0) is 20.6. The topological polar surface area (TPSA) is 38.8 Å². The van der Waals surface area contributed by atoms with E-state index in [-0.39, 0.29) is 24.8 Å². The largest absolute Gasteiger partial charge is 0.488 e. The van der Waals surface area contributed by atoms with E-state index in [1.165, 1.54) is 16.7 Å². The van der Waals surface area contributed by atoms with E-state index < -0.39 is 0 Å². The van der Waals surface area contributed by atoms with Crippen molar-refractivity contribution in [2.45, 2.75) is 39.2 Å². The fourth-order valence-corrected chi connectivity index (χ4v) is 3.47. The molecule has 0 unspecified atom stereocenters. The van der Waals surface area contributed by atoms with Crippen molar-refractivity contribution >= 4 is 23.9 Å². The number of ether oxygens (including phenoxy) is 2. The third-order valence-electron chi connectivity index (χ3n) is 5.06. The number of hydrogen-bond acceptors (Lipinski definition) is 4. The van der Waals surface area contributed by atoms with Gasteiger partial charge in [0.15, 0.2) is 0 Å². The summed E-state index contributed by atoms with van der Waals surface area (Å²) in [7, 11) is 4.16. The number of carbonyl (C=O) groups is 1. The van der Waals surface area contributed by atoms with Gasteiger partial charge in [-0.15, -0.1) is 12.4 Å². The zero-order valence-electron chi connectivity index (χ0n) is 18.1. The lowest BCUT2D eigenvalue weighted by Gasteiger charge is -2.14. The van der Waals surface area contributed by atoms with Gasteiger partial charge in [-0.05, 0) is 61.3 Å². The SMILES string of the molecule is CCCCOC(=O)Cc1ccc2c(c1)/C(=C/CCN(C)C)c1ccccc1CO2.Cl. The van der Waals surface area contributed by atoms with E-state index >= 15 is 0 Å². The number of esters is 1. The first-order chi connectivity index (χ1) is 14.1. The first-order valence-corrected chi connectivity index (χ1v) is 10.4. The Hall–Kier alpha value is -2.30. The molecule has 1 aliphatic heterocycles. The van der Waals surface area contributed by atoms with E-state index in [1.54, 1.807) is 0 Å². The highest BCUT2D eigenvalue weighted by atomic mass is 35.5. The van der Waals surface area contributed by atoms with Gasteiger partial charge in [0.05, 0.1) is 13.0 Å². The van der Waals surface area contributed by atoms with Crippen LogP contribution in [-0.4, -0.2) is 38.1 Å². The molecule has 5 heteroatoms. The molecule has 0 saturated carbocycles. The molecule has 0 fully saturated rings. The van der Waals surface area contributed by atoms with E-state index in [9.17, 15) is 4.79 Å². The molecule has 30 heavy (non-hydrogen) atoms. The van der Waals surface area contributed by atoms with Crippen molar-refractivity contribution in [3.8, 4) is 5.75 Å². The maximum Gasteiger partial charge on any atom is 0.310 e. The standard InChI is InChI=1S/C25H31NO3.ClH/c1-4-5-15-28-25(27)17-19-12-13-24-23(16-19)22(11-8-14-26(2)3)21-10-7-6-9-20(21)18-29-24;/h6-7,9-13,16H,4-5,8,14-15,17-18H2,1-3H3;1H/b22-11+;. The number of rotatable bonds is 8. The minimum atomic E-state index is -0.175. The van der Waals surface area contributed by atoms with Crippen LogP contribution in [0.5, 0.6) is 5.75 Å². The first kappa shape index (κ1) is 24.0. The van der Waals surface area contributed by atoms with Gasteiger partial charge in [-0.1, -0.05) is 49.8 Å². The summed E-state index contributed by atoms with van der Waals surface area (Å²) in [6.07, 6.45) is 5.43. The second-order valence-corrected chi connectivity index (χ2v) is 7.74. The summed E-state index contributed by atoms with van der Waals surface area (Å²) >= 11 is 0. The van der Waals surface area contributed by atoms with Crippen LogP contribution in [0.15, 0.2) is 48.5 Å². The number of carbonyl (C=O) groups excluding carboxylic acids is 1. The highest BCUT2D eigenvalue weighted by Gasteiger charge is 2.20. The van der Waals surface area contributed by atoms with Crippen molar-refractivity contribution in [1.29, 1.82) is 0 Å². The molecule has 0 aliphatic carbocycles. The Kier molecular flexibility index (Phi) is 9.41. The lowest BCUT2D eigenvalue weighted by molar-refractivity contribution is -0.142. The number of nitrogens with zero attached hydrogens (tertiary/aromatic N) is 1. The minimum Gasteiger partial charge on any atom is -0.488 e. The number of unbranched alkanes of at least 4 members (excludes halogenated alkanes) is 1. The van der Waals surface area contributed by atoms with E-state index in [0.717, 1.165) is 42.7 Å². The molecule has 0 aromatic heterocycles. The molecule has 1 aliphatic rings. The van der Waals surface area contributed by atoms with Crippen LogP contribution < -0.4 is 4.74 Å². The van der Waals surface area contributed by atoms with Gasteiger partial charge >= 0.3 is 5.97 Å². The number of benzene rings is 2. The molecule has 0 saturated heterocycles. The predicted molar refractivity (Wildman–Crippen MR) is 124 cm³/mol. The maximum atomic E-state index is 12.2. The summed E-state index contributed by atoms with van der Waals surface area (Å²) in [5, 5.41) is 0. The van der Waals surface area contributed by atoms with Gasteiger partial charge in [0.2, 0.25) is 0 Å². The van der Waals surface area contributed by atoms with Crippen molar-refractivity contribution in [3.05, 3.63) is 70.8 Å². The van der Waals surface area contributed by atoms with Crippen molar-refractivity contribution in [3.63, 3.8) is 0 Å². The van der Waals surface area contributed by atoms with Crippen molar-refractivity contribution in [2.24, 2.45) is 0 Å². The Morgan fingerprint density at radius 3 is 2.73 bits per heavy atom. The average molecular weight is 430 g/mol. The molecule has 3 rings (SSSR count). The van der Waals surface area contributed by atoms with Crippen molar-refractivity contribution in [1.82, 2.24) is 4.90 Å². The molecule has 0 bridgehead atoms. The number of fused-ring (bicyclic) bond motifs is 2. The van der Waals surface area contributed by atoms with E-state index in [2.05, 4.69) is 56.3 Å². The maximum absolute atomic E-state index is 12.2. The van der Waals surface area contributed by atoms with Gasteiger partial charge < -0.3 is 14.4 Å². The number of halogens is 1. The second-order valence-electron chi connectivity index (χ2n) is 7.74. The first-order valence-electron chi connectivity index (χ1n) is 10.4. The second kappa shape index (κ2) is 11.8. The van der Waals surface area contributed by atoms with Crippen molar-refractivity contribution in [2.75, 3.05) is 27.2 Å². The van der Waals surface area contributed by atoms with Gasteiger partial charge in [-0.2, -0.15) is 0 Å². The van der Waals surface area contributed by atoms with Crippen molar-refractivity contribution < 1.29 is 14.3 Å². The van der Waals surface area contributed by atoms with Gasteiger partial charge in [0, 0.05) is 12.1 Å². The Balaban J connectivity index is 0.00000320. The lowest BCUT2D eigenvalue weighted by Crippen LogP contribution is -2.12. The van der Waals surface area contributed by atoms with Crippen LogP contribution in [0.4, 0.5) is 0 Å². The molecule has 0 atom stereocenters. The summed E-state index contributed by atoms with van der Waals surface area (Å²) in [4.78, 5) is 14.4. The van der Waals surface area contributed by atoms with Gasteiger partial charge in [-0.3, -0.25) is 4.79 Å². The van der Waals surface area contributed by atoms with Gasteiger partial charge in [0.1, 0.15) is 12.4 Å². The highest BCUT2D eigenvalue weighted by Crippen LogP contribution is 2.37. The van der Waals surface area contributed by atoms with Crippen LogP contribution >= 0.6 is 12.4 Å². The summed E-state index contributed by atoms with van der Waals surface area (Å²) in [6, 6.07) is 14.4. The molecule has 0 N–H and O–H groups in total. The van der Waals surface area contributed by atoms with Crippen LogP contribution in [0.1, 0.15) is 48.4 Å². The average Bonchev–Trinajstić information content (AvgIpc) is 2.85. The summed E-state index contributed by atoms with van der Waals surface area (Å²) in [6.45, 7) is 4.10. The van der Waals surface area contributed by atoms with Crippen LogP contribution in [0.2, 0.25) is 0 Å². The molecule has 0 radical (unpaired) electrons. The summed E-state index contributed by atoms with van der Waals surface area (Å²) < 4.78 is 11.4. The van der Waals surface area contributed by atoms with Gasteiger partial charge in [0.25, 0.3) is 0 Å². The fourth-order valence-electron chi connectivity index (χ4n) is 3.47. The smallest absolute Gasteiger partial charge is 0.310 e. The van der Waals surface area contributed by atoms with E-state index in [0.29, 0.717) is 13.2 Å². The van der Waals surface area contributed by atoms with E-state index in [4.69, 9.17) is 9.47 Å². The molecule has 0 amide bonds. The molecule has 1 heterocycles. The molecule has 2 aromatic carbocycles. The van der Waals surface area contributed by atoms with Crippen LogP contribution in [0.3, 0.4) is 0 Å². The third-order valence-corrected chi connectivity index (χ3v) is 5.06. The molecular formula is C25H32ClNO3. The number of hydrogen-bond donors (Lipinski definition) is 0. The lowest BCUT2D eigenvalue weighted by atomic mass is 9.92. The Morgan fingerprint density at radius 2 is 1.97 bits per heavy atom. The monoisotopic (exact) mass is 429 g/mol. The van der Waals surface area contributed by atoms with Crippen LogP contribution in [0, 0.1) is 0 Å². The van der Waals surface area contributed by atoms with Gasteiger partial charge in [-0.25, -0.2) is 0 Å². The van der Waals surface area contributed by atoms with E-state index in [1.807, 2.05) is 18.2 Å². The molecule has 0 spiro atoms. The van der Waals surface area contributed by atoms with Crippen LogP contribution in [0.25, 0.3) is 5.57 Å². The quantitative estimate of drug-likeness (QED) is 0.423. The van der Waals surface area contributed by atoms with Crippen LogP contribution in [-0.2, 0) is 22.6 Å². The Bertz CT molecular complexity index is 876. The summed E-state index contributed by atoms with van der Waals surface area (Å²) in [5.74, 6) is 0.687. The molecule has 4 nitrogen and oxygen atoms in total. The normalized spacial score (nSPS) is 13.7. The summed E-state index contributed by atoms with van der Waals surface area (Å²) in [5.41, 5.74) is 5.56. The Morgan fingerprint density at radius 1 is 1.17 bits per heavy atom. The predicted octanol–water partition coefficient (Wildman–Crippen LogP) is 5.27. The molecule has 162 valence electrons. The third kappa shape index (κ3) is 6.35. The Labute approximate surface area is 186 Å². The molecular weight excluding hydrogens is 398 g/mol. The molecule has 2 aromatic rings. The minimum absolute atomic E-state index is 0. The fraction of sp³-hybridized carbons (Fsp3) is 0.400. The highest BCUT2D eigenvalue weighted by molar-refractivity contribution is 5.86. The zero-order valence-corrected chi connectivity index (χ0v) is 19.0.